The summed E-state index contributed by atoms with van der Waals surface area (Å²) in [5.74, 6) is -0.337. The van der Waals surface area contributed by atoms with Crippen LogP contribution in [0.15, 0.2) is 78.4 Å². The van der Waals surface area contributed by atoms with Crippen molar-refractivity contribution in [3.05, 3.63) is 106 Å². The molecule has 6 nitrogen and oxygen atoms in total. The van der Waals surface area contributed by atoms with Gasteiger partial charge in [0.05, 0.1) is 5.56 Å². The van der Waals surface area contributed by atoms with Gasteiger partial charge in [-0.3, -0.25) is 14.6 Å². The monoisotopic (exact) mass is 472 g/mol. The van der Waals surface area contributed by atoms with Gasteiger partial charge in [-0.25, -0.2) is 4.98 Å². The number of hydrogen-bond acceptors (Lipinski definition) is 5. The first-order valence-electron chi connectivity index (χ1n) is 10.5. The fraction of sp³-hybridized carbons (Fsp3) is 0.120. The van der Waals surface area contributed by atoms with Crippen molar-refractivity contribution in [1.82, 2.24) is 19.8 Å². The van der Waals surface area contributed by atoms with Crippen LogP contribution in [0.1, 0.15) is 32.0 Å². The molecule has 2 amide bonds. The Labute approximate surface area is 199 Å². The minimum atomic E-state index is -1.08. The molecule has 1 saturated heterocycles. The summed E-state index contributed by atoms with van der Waals surface area (Å²) in [6, 6.07) is 18.8. The highest BCUT2D eigenvalue weighted by Gasteiger charge is 2.60. The fourth-order valence-corrected chi connectivity index (χ4v) is 5.76. The van der Waals surface area contributed by atoms with Crippen molar-refractivity contribution in [3.8, 4) is 10.6 Å². The second-order valence-electron chi connectivity index (χ2n) is 7.92. The summed E-state index contributed by atoms with van der Waals surface area (Å²) in [4.78, 5) is 39.6. The quantitative estimate of drug-likeness (QED) is 0.434. The Kier molecular flexibility index (Phi) is 4.57. The van der Waals surface area contributed by atoms with Crippen LogP contribution in [0, 0.1) is 0 Å². The van der Waals surface area contributed by atoms with Crippen LogP contribution in [0.2, 0.25) is 5.02 Å². The van der Waals surface area contributed by atoms with Crippen molar-refractivity contribution in [2.24, 2.45) is 0 Å². The molecule has 4 aromatic rings. The Balaban J connectivity index is 1.50. The molecule has 0 spiro atoms. The molecule has 0 N–H and O–H groups in total. The first kappa shape index (κ1) is 20.1. The van der Waals surface area contributed by atoms with Crippen molar-refractivity contribution in [1.29, 1.82) is 0 Å². The summed E-state index contributed by atoms with van der Waals surface area (Å²) < 4.78 is 0. The first-order valence-corrected chi connectivity index (χ1v) is 11.7. The molecule has 1 unspecified atom stereocenters. The van der Waals surface area contributed by atoms with Crippen LogP contribution in [0.3, 0.4) is 0 Å². The SMILES string of the molecule is O=C(c1csc(-c2ccccc2)n1)N1CCN2C(=O)c3ccncc3C12c1ccc(Cl)cc1. The van der Waals surface area contributed by atoms with E-state index in [2.05, 4.69) is 9.97 Å². The lowest BCUT2D eigenvalue weighted by molar-refractivity contribution is 0.0371. The van der Waals surface area contributed by atoms with Gasteiger partial charge in [0.25, 0.3) is 11.8 Å². The van der Waals surface area contributed by atoms with E-state index in [4.69, 9.17) is 11.6 Å². The van der Waals surface area contributed by atoms with Gasteiger partial charge in [0, 0.05) is 52.6 Å². The number of amides is 2. The molecule has 0 aliphatic carbocycles. The van der Waals surface area contributed by atoms with Crippen LogP contribution >= 0.6 is 22.9 Å². The molecule has 1 fully saturated rings. The molecule has 2 aromatic heterocycles. The van der Waals surface area contributed by atoms with E-state index in [9.17, 15) is 9.59 Å². The van der Waals surface area contributed by atoms with Crippen LogP contribution in [0.4, 0.5) is 0 Å². The molecule has 4 heterocycles. The molecule has 2 aromatic carbocycles. The van der Waals surface area contributed by atoms with Crippen LogP contribution in [0.25, 0.3) is 10.6 Å². The Hall–Kier alpha value is -3.55. The predicted molar refractivity (Wildman–Crippen MR) is 126 cm³/mol. The largest absolute Gasteiger partial charge is 0.306 e. The standard InChI is InChI=1S/C25H17ClN4O2S/c26-18-8-6-17(7-9-18)25-20-14-27-11-10-19(20)23(31)29(25)12-13-30(25)24(32)21-15-33-22(28-21)16-4-2-1-3-5-16/h1-11,14-15H,12-13H2. The fourth-order valence-electron chi connectivity index (χ4n) is 4.83. The van der Waals surface area contributed by atoms with Crippen LogP contribution in [0.5, 0.6) is 0 Å². The van der Waals surface area contributed by atoms with E-state index in [0.717, 1.165) is 16.1 Å². The van der Waals surface area contributed by atoms with Crippen molar-refractivity contribution in [2.75, 3.05) is 13.1 Å². The van der Waals surface area contributed by atoms with Gasteiger partial charge in [-0.2, -0.15) is 0 Å². The van der Waals surface area contributed by atoms with Crippen LogP contribution < -0.4 is 0 Å². The first-order chi connectivity index (χ1) is 16.1. The number of rotatable bonds is 3. The lowest BCUT2D eigenvalue weighted by Gasteiger charge is -2.40. The molecule has 1 atom stereocenters. The highest BCUT2D eigenvalue weighted by atomic mass is 35.5. The number of benzene rings is 2. The van der Waals surface area contributed by atoms with Gasteiger partial charge < -0.3 is 9.80 Å². The van der Waals surface area contributed by atoms with Gasteiger partial charge in [0.15, 0.2) is 5.66 Å². The molecule has 2 aliphatic rings. The number of pyridine rings is 1. The third-order valence-corrected chi connectivity index (χ3v) is 7.38. The van der Waals surface area contributed by atoms with E-state index in [1.807, 2.05) is 42.5 Å². The minimum Gasteiger partial charge on any atom is -0.306 e. The molecule has 0 radical (unpaired) electrons. The number of halogens is 1. The second-order valence-corrected chi connectivity index (χ2v) is 9.21. The molecule has 2 aliphatic heterocycles. The topological polar surface area (TPSA) is 66.4 Å². The average molecular weight is 473 g/mol. The summed E-state index contributed by atoms with van der Waals surface area (Å²) in [5, 5.41) is 3.14. The normalized spacial score (nSPS) is 19.0. The number of fused-ring (bicyclic) bond motifs is 3. The Morgan fingerprint density at radius 1 is 1.03 bits per heavy atom. The van der Waals surface area contributed by atoms with Gasteiger partial charge in [-0.15, -0.1) is 11.3 Å². The van der Waals surface area contributed by atoms with Crippen molar-refractivity contribution >= 4 is 34.8 Å². The highest BCUT2D eigenvalue weighted by Crippen LogP contribution is 2.50. The van der Waals surface area contributed by atoms with E-state index in [1.165, 1.54) is 11.3 Å². The zero-order chi connectivity index (χ0) is 22.6. The van der Waals surface area contributed by atoms with E-state index in [0.29, 0.717) is 34.9 Å². The number of carbonyl (C=O) groups excluding carboxylic acids is 2. The molecule has 6 rings (SSSR count). The lowest BCUT2D eigenvalue weighted by atomic mass is 9.91. The maximum atomic E-state index is 13.9. The van der Waals surface area contributed by atoms with E-state index in [1.54, 1.807) is 45.8 Å². The summed E-state index contributed by atoms with van der Waals surface area (Å²) in [6.07, 6.45) is 3.29. The third-order valence-electron chi connectivity index (χ3n) is 6.24. The third kappa shape index (κ3) is 2.86. The van der Waals surface area contributed by atoms with Crippen molar-refractivity contribution in [2.45, 2.75) is 5.66 Å². The van der Waals surface area contributed by atoms with E-state index < -0.39 is 5.66 Å². The smallest absolute Gasteiger partial charge is 0.275 e. The Morgan fingerprint density at radius 2 is 1.82 bits per heavy atom. The van der Waals surface area contributed by atoms with Crippen LogP contribution in [-0.4, -0.2) is 44.7 Å². The zero-order valence-electron chi connectivity index (χ0n) is 17.3. The highest BCUT2D eigenvalue weighted by molar-refractivity contribution is 7.13. The van der Waals surface area contributed by atoms with Gasteiger partial charge in [0.2, 0.25) is 0 Å². The summed E-state index contributed by atoms with van der Waals surface area (Å²) in [7, 11) is 0. The molecular formula is C25H17ClN4O2S. The average Bonchev–Trinajstić information content (AvgIpc) is 3.55. The van der Waals surface area contributed by atoms with Gasteiger partial charge >= 0.3 is 0 Å². The number of aromatic nitrogens is 2. The second kappa shape index (κ2) is 7.50. The number of carbonyl (C=O) groups is 2. The lowest BCUT2D eigenvalue weighted by Crippen LogP contribution is -2.51. The predicted octanol–water partition coefficient (Wildman–Crippen LogP) is 4.67. The van der Waals surface area contributed by atoms with E-state index in [-0.39, 0.29) is 11.8 Å². The molecular weight excluding hydrogens is 456 g/mol. The van der Waals surface area contributed by atoms with Crippen LogP contribution in [-0.2, 0) is 5.66 Å². The van der Waals surface area contributed by atoms with Gasteiger partial charge in [0.1, 0.15) is 10.7 Å². The molecule has 0 bridgehead atoms. The molecule has 0 saturated carbocycles. The van der Waals surface area contributed by atoms with Crippen molar-refractivity contribution in [3.63, 3.8) is 0 Å². The number of thiazole rings is 1. The van der Waals surface area contributed by atoms with Gasteiger partial charge in [-0.1, -0.05) is 54.1 Å². The number of hydrogen-bond donors (Lipinski definition) is 0. The number of nitrogens with zero attached hydrogens (tertiary/aromatic N) is 4. The Morgan fingerprint density at radius 3 is 2.61 bits per heavy atom. The molecule has 8 heteroatoms. The Bertz CT molecular complexity index is 1390. The minimum absolute atomic E-state index is 0.110. The summed E-state index contributed by atoms with van der Waals surface area (Å²) in [6.45, 7) is 0.803. The summed E-state index contributed by atoms with van der Waals surface area (Å²) >= 11 is 7.59. The van der Waals surface area contributed by atoms with E-state index >= 15 is 0 Å². The maximum Gasteiger partial charge on any atom is 0.275 e. The molecule has 33 heavy (non-hydrogen) atoms. The zero-order valence-corrected chi connectivity index (χ0v) is 18.9. The summed E-state index contributed by atoms with van der Waals surface area (Å²) in [5.41, 5.74) is 2.28. The van der Waals surface area contributed by atoms with Gasteiger partial charge in [-0.05, 0) is 18.2 Å². The maximum absolute atomic E-state index is 13.9. The molecule has 162 valence electrons. The van der Waals surface area contributed by atoms with Crippen molar-refractivity contribution < 1.29 is 9.59 Å².